The smallest absolute Gasteiger partial charge is 0.272 e. The van der Waals surface area contributed by atoms with E-state index < -0.39 is 0 Å². The first kappa shape index (κ1) is 14.1. The van der Waals surface area contributed by atoms with Crippen LogP contribution in [0.25, 0.3) is 20.3 Å². The number of hydrogen-bond donors (Lipinski definition) is 1. The molecule has 1 N–H and O–H groups in total. The summed E-state index contributed by atoms with van der Waals surface area (Å²) in [5.41, 5.74) is 0.519. The number of aliphatic hydroxyl groups excluding tert-OH is 1. The highest BCUT2D eigenvalue weighted by Gasteiger charge is 2.15. The minimum Gasteiger partial charge on any atom is -0.395 e. The van der Waals surface area contributed by atoms with Gasteiger partial charge in [-0.1, -0.05) is 30.0 Å². The van der Waals surface area contributed by atoms with E-state index in [0.717, 1.165) is 10.1 Å². The van der Waals surface area contributed by atoms with Crippen LogP contribution < -0.4 is 5.56 Å². The van der Waals surface area contributed by atoms with Gasteiger partial charge in [0.2, 0.25) is 0 Å². The maximum atomic E-state index is 12.6. The Morgan fingerprint density at radius 2 is 2.24 bits per heavy atom. The van der Waals surface area contributed by atoms with Gasteiger partial charge in [0.05, 0.1) is 30.5 Å². The molecule has 0 spiro atoms. The Labute approximate surface area is 128 Å². The molecule has 0 unspecified atom stereocenters. The highest BCUT2D eigenvalue weighted by Crippen LogP contribution is 2.31. The van der Waals surface area contributed by atoms with Crippen LogP contribution in [0.4, 0.5) is 0 Å². The van der Waals surface area contributed by atoms with E-state index in [9.17, 15) is 4.79 Å². The van der Waals surface area contributed by atoms with Gasteiger partial charge >= 0.3 is 0 Å². The standard InChI is InChI=1S/C14H11N3O2S2/c15-5-8-20-14-16-11-9-3-1-2-4-10(9)21-12(11)13(19)17(14)6-7-18/h1-4,18H,6-8H2. The zero-order valence-electron chi connectivity index (χ0n) is 10.9. The van der Waals surface area contributed by atoms with E-state index in [4.69, 9.17) is 10.4 Å². The van der Waals surface area contributed by atoms with Gasteiger partial charge in [-0.15, -0.1) is 11.3 Å². The number of fused-ring (bicyclic) bond motifs is 3. The molecule has 0 saturated carbocycles. The van der Waals surface area contributed by atoms with E-state index in [1.165, 1.54) is 27.7 Å². The van der Waals surface area contributed by atoms with E-state index in [1.54, 1.807) is 0 Å². The largest absolute Gasteiger partial charge is 0.395 e. The monoisotopic (exact) mass is 317 g/mol. The van der Waals surface area contributed by atoms with Crippen molar-refractivity contribution in [1.29, 1.82) is 5.26 Å². The second kappa shape index (κ2) is 5.85. The van der Waals surface area contributed by atoms with Crippen LogP contribution in [0.2, 0.25) is 0 Å². The molecule has 0 fully saturated rings. The number of aromatic nitrogens is 2. The van der Waals surface area contributed by atoms with Crippen LogP contribution in [0.1, 0.15) is 0 Å². The topological polar surface area (TPSA) is 78.9 Å². The molecule has 0 radical (unpaired) electrons. The van der Waals surface area contributed by atoms with Crippen molar-refractivity contribution in [3.8, 4) is 6.07 Å². The Balaban J connectivity index is 2.33. The summed E-state index contributed by atoms with van der Waals surface area (Å²) in [6.07, 6.45) is 0. The number of thioether (sulfide) groups is 1. The third-order valence-corrected chi connectivity index (χ3v) is 5.03. The molecule has 0 aliphatic carbocycles. The van der Waals surface area contributed by atoms with Gasteiger partial charge in [0.1, 0.15) is 4.70 Å². The van der Waals surface area contributed by atoms with Gasteiger partial charge in [0, 0.05) is 10.1 Å². The normalized spacial score (nSPS) is 11.0. The quantitative estimate of drug-likeness (QED) is 0.589. The molecule has 2 heterocycles. The minimum atomic E-state index is -0.157. The number of nitrogens with zero attached hydrogens (tertiary/aromatic N) is 3. The maximum Gasteiger partial charge on any atom is 0.272 e. The summed E-state index contributed by atoms with van der Waals surface area (Å²) in [5.74, 6) is 0.214. The number of thiophene rings is 1. The first-order chi connectivity index (χ1) is 10.3. The van der Waals surface area contributed by atoms with Crippen molar-refractivity contribution in [3.63, 3.8) is 0 Å². The molecule has 0 atom stereocenters. The third kappa shape index (κ3) is 2.42. The fourth-order valence-electron chi connectivity index (χ4n) is 2.16. The summed E-state index contributed by atoms with van der Waals surface area (Å²) in [7, 11) is 0. The van der Waals surface area contributed by atoms with Crippen LogP contribution in [0.3, 0.4) is 0 Å². The van der Waals surface area contributed by atoms with E-state index in [1.807, 2.05) is 30.3 Å². The SMILES string of the molecule is N#CCSc1nc2c(sc3ccccc32)c(=O)n1CCO. The van der Waals surface area contributed by atoms with E-state index in [-0.39, 0.29) is 24.5 Å². The summed E-state index contributed by atoms with van der Waals surface area (Å²) < 4.78 is 3.04. The highest BCUT2D eigenvalue weighted by molar-refractivity contribution is 7.99. The summed E-state index contributed by atoms with van der Waals surface area (Å²) in [6, 6.07) is 9.77. The van der Waals surface area contributed by atoms with Crippen molar-refractivity contribution < 1.29 is 5.11 Å². The van der Waals surface area contributed by atoms with Crippen molar-refractivity contribution in [2.75, 3.05) is 12.4 Å². The van der Waals surface area contributed by atoms with Crippen LogP contribution in [0, 0.1) is 11.3 Å². The number of rotatable bonds is 4. The molecule has 0 amide bonds. The zero-order chi connectivity index (χ0) is 14.8. The molecule has 0 saturated heterocycles. The lowest BCUT2D eigenvalue weighted by Gasteiger charge is -2.09. The zero-order valence-corrected chi connectivity index (χ0v) is 12.6. The van der Waals surface area contributed by atoms with Gasteiger partial charge in [-0.2, -0.15) is 5.26 Å². The lowest BCUT2D eigenvalue weighted by molar-refractivity contribution is 0.268. The van der Waals surface area contributed by atoms with E-state index in [2.05, 4.69) is 4.98 Å². The Morgan fingerprint density at radius 3 is 3.00 bits per heavy atom. The van der Waals surface area contributed by atoms with Crippen molar-refractivity contribution in [2.24, 2.45) is 0 Å². The molecular weight excluding hydrogens is 306 g/mol. The van der Waals surface area contributed by atoms with Crippen LogP contribution in [0.5, 0.6) is 0 Å². The molecule has 1 aromatic carbocycles. The third-order valence-electron chi connectivity index (χ3n) is 3.04. The number of hydrogen-bond acceptors (Lipinski definition) is 6. The van der Waals surface area contributed by atoms with Crippen LogP contribution in [-0.4, -0.2) is 27.0 Å². The molecule has 0 aliphatic rings. The van der Waals surface area contributed by atoms with E-state index >= 15 is 0 Å². The van der Waals surface area contributed by atoms with Crippen molar-refractivity contribution >= 4 is 43.4 Å². The minimum absolute atomic E-state index is 0.141. The highest BCUT2D eigenvalue weighted by atomic mass is 32.2. The van der Waals surface area contributed by atoms with Gasteiger partial charge in [0.25, 0.3) is 5.56 Å². The van der Waals surface area contributed by atoms with Gasteiger partial charge in [-0.3, -0.25) is 9.36 Å². The molecule has 0 aliphatic heterocycles. The summed E-state index contributed by atoms with van der Waals surface area (Å²) >= 11 is 2.62. The van der Waals surface area contributed by atoms with Crippen molar-refractivity contribution in [2.45, 2.75) is 11.7 Å². The van der Waals surface area contributed by atoms with Gasteiger partial charge < -0.3 is 5.11 Å². The average Bonchev–Trinajstić information content (AvgIpc) is 2.87. The molecule has 0 bridgehead atoms. The van der Waals surface area contributed by atoms with Gasteiger partial charge in [-0.25, -0.2) is 4.98 Å². The summed E-state index contributed by atoms with van der Waals surface area (Å²) in [5, 5.41) is 19.3. The van der Waals surface area contributed by atoms with Crippen molar-refractivity contribution in [3.05, 3.63) is 34.6 Å². The Morgan fingerprint density at radius 1 is 1.43 bits per heavy atom. The molecule has 7 heteroatoms. The van der Waals surface area contributed by atoms with Crippen LogP contribution >= 0.6 is 23.1 Å². The average molecular weight is 317 g/mol. The number of benzene rings is 1. The lowest BCUT2D eigenvalue weighted by Crippen LogP contribution is -2.24. The molecule has 3 aromatic rings. The Kier molecular flexibility index (Phi) is 3.92. The van der Waals surface area contributed by atoms with Gasteiger partial charge in [0.15, 0.2) is 5.16 Å². The molecular formula is C14H11N3O2S2. The van der Waals surface area contributed by atoms with Crippen LogP contribution in [0.15, 0.2) is 34.2 Å². The second-order valence-corrected chi connectivity index (χ2v) is 6.29. The molecule has 5 nitrogen and oxygen atoms in total. The van der Waals surface area contributed by atoms with Gasteiger partial charge in [-0.05, 0) is 6.07 Å². The van der Waals surface area contributed by atoms with Crippen LogP contribution in [-0.2, 0) is 6.54 Å². The molecule has 2 aromatic heterocycles. The van der Waals surface area contributed by atoms with E-state index in [0.29, 0.717) is 15.4 Å². The predicted octanol–water partition coefficient (Wildman–Crippen LogP) is 2.22. The fourth-order valence-corrected chi connectivity index (χ4v) is 3.93. The Hall–Kier alpha value is -1.88. The molecule has 3 rings (SSSR count). The lowest BCUT2D eigenvalue weighted by atomic mass is 10.2. The number of aliphatic hydroxyl groups is 1. The first-order valence-corrected chi connectivity index (χ1v) is 8.09. The predicted molar refractivity (Wildman–Crippen MR) is 84.8 cm³/mol. The fraction of sp³-hybridized carbons (Fsp3) is 0.214. The molecule has 106 valence electrons. The molecule has 21 heavy (non-hydrogen) atoms. The summed E-state index contributed by atoms with van der Waals surface area (Å²) in [6.45, 7) is 0.0435. The maximum absolute atomic E-state index is 12.6. The summed E-state index contributed by atoms with van der Waals surface area (Å²) in [4.78, 5) is 17.2. The Bertz CT molecular complexity index is 908. The second-order valence-electron chi connectivity index (χ2n) is 4.30. The first-order valence-electron chi connectivity index (χ1n) is 6.29. The number of nitriles is 1. The van der Waals surface area contributed by atoms with Crippen molar-refractivity contribution in [1.82, 2.24) is 9.55 Å².